The first-order valence-corrected chi connectivity index (χ1v) is 13.3. The first kappa shape index (κ1) is 26.5. The maximum absolute atomic E-state index is 13.5. The van der Waals surface area contributed by atoms with Gasteiger partial charge in [0.05, 0.1) is 34.0 Å². The predicted octanol–water partition coefficient (Wildman–Crippen LogP) is 4.29. The molecule has 10 heteroatoms. The number of carbonyl (C=O) groups excluding carboxylic acids is 2. The molecular weight excluding hydrogens is 499 g/mol. The molecule has 1 fully saturated rings. The molecule has 0 aromatic heterocycles. The monoisotopic (exact) mass is 526 g/mol. The molecular formula is C24H28Cl2N2O5S. The van der Waals surface area contributed by atoms with Gasteiger partial charge in [0.2, 0.25) is 15.9 Å². The number of halogens is 2. The van der Waals surface area contributed by atoms with Gasteiger partial charge in [-0.3, -0.25) is 9.59 Å². The molecule has 184 valence electrons. The quantitative estimate of drug-likeness (QED) is 0.479. The average molecular weight is 527 g/mol. The van der Waals surface area contributed by atoms with Crippen molar-refractivity contribution >= 4 is 45.1 Å². The Balaban J connectivity index is 1.79. The minimum absolute atomic E-state index is 0.0435. The Morgan fingerprint density at radius 3 is 2.29 bits per heavy atom. The Morgan fingerprint density at radius 2 is 1.71 bits per heavy atom. The van der Waals surface area contributed by atoms with E-state index in [9.17, 15) is 18.0 Å². The number of sulfonamides is 1. The predicted molar refractivity (Wildman–Crippen MR) is 131 cm³/mol. The molecule has 7 nitrogen and oxygen atoms in total. The number of hydrogen-bond donors (Lipinski definition) is 0. The minimum atomic E-state index is -3.97. The minimum Gasteiger partial charge on any atom is -0.466 e. The summed E-state index contributed by atoms with van der Waals surface area (Å²) in [4.78, 5) is 26.8. The van der Waals surface area contributed by atoms with Gasteiger partial charge in [-0.2, -0.15) is 4.31 Å². The molecule has 0 spiro atoms. The Kier molecular flexibility index (Phi) is 8.98. The van der Waals surface area contributed by atoms with Crippen molar-refractivity contribution in [3.63, 3.8) is 0 Å². The van der Waals surface area contributed by atoms with Gasteiger partial charge in [0.25, 0.3) is 0 Å². The van der Waals surface area contributed by atoms with Crippen molar-refractivity contribution in [2.45, 2.75) is 38.1 Å². The van der Waals surface area contributed by atoms with E-state index in [0.29, 0.717) is 48.1 Å². The molecule has 0 aliphatic carbocycles. The van der Waals surface area contributed by atoms with Gasteiger partial charge in [-0.25, -0.2) is 8.42 Å². The van der Waals surface area contributed by atoms with Crippen molar-refractivity contribution in [1.29, 1.82) is 0 Å². The number of carbonyl (C=O) groups is 2. The normalized spacial score (nSPS) is 14.9. The SMILES string of the molecule is CCOC(=O)C1CCN(C(=O)CN(Cc2ccc(Cl)c(Cl)c2)S(=O)(=O)c2ccc(C)cc2)CC1. The van der Waals surface area contributed by atoms with Gasteiger partial charge in [0, 0.05) is 19.6 Å². The number of rotatable bonds is 8. The lowest BCUT2D eigenvalue weighted by atomic mass is 9.97. The van der Waals surface area contributed by atoms with Gasteiger partial charge in [0.15, 0.2) is 0 Å². The summed E-state index contributed by atoms with van der Waals surface area (Å²) in [7, 11) is -3.97. The van der Waals surface area contributed by atoms with Crippen molar-refractivity contribution in [2.75, 3.05) is 26.2 Å². The van der Waals surface area contributed by atoms with E-state index < -0.39 is 10.0 Å². The maximum Gasteiger partial charge on any atom is 0.309 e. The summed E-state index contributed by atoms with van der Waals surface area (Å²) in [6.07, 6.45) is 0.976. The number of benzene rings is 2. The van der Waals surface area contributed by atoms with Crippen LogP contribution in [0.15, 0.2) is 47.4 Å². The smallest absolute Gasteiger partial charge is 0.309 e. The summed E-state index contributed by atoms with van der Waals surface area (Å²) >= 11 is 12.1. The second kappa shape index (κ2) is 11.5. The van der Waals surface area contributed by atoms with Crippen LogP contribution in [0.1, 0.15) is 30.9 Å². The van der Waals surface area contributed by atoms with E-state index in [1.807, 2.05) is 6.92 Å². The number of likely N-dealkylation sites (tertiary alicyclic amines) is 1. The van der Waals surface area contributed by atoms with Crippen LogP contribution in [-0.4, -0.2) is 55.7 Å². The number of aryl methyl sites for hydroxylation is 1. The van der Waals surface area contributed by atoms with Crippen LogP contribution >= 0.6 is 23.2 Å². The molecule has 0 N–H and O–H groups in total. The molecule has 0 atom stereocenters. The molecule has 0 bridgehead atoms. The molecule has 2 aromatic rings. The number of amides is 1. The van der Waals surface area contributed by atoms with Crippen molar-refractivity contribution in [3.8, 4) is 0 Å². The fourth-order valence-corrected chi connectivity index (χ4v) is 5.50. The van der Waals surface area contributed by atoms with E-state index in [1.54, 1.807) is 42.2 Å². The van der Waals surface area contributed by atoms with E-state index in [4.69, 9.17) is 27.9 Å². The molecule has 1 saturated heterocycles. The summed E-state index contributed by atoms with van der Waals surface area (Å²) < 4.78 is 33.2. The van der Waals surface area contributed by atoms with E-state index in [2.05, 4.69) is 0 Å². The summed E-state index contributed by atoms with van der Waals surface area (Å²) in [6, 6.07) is 11.4. The van der Waals surface area contributed by atoms with Crippen LogP contribution in [0.2, 0.25) is 10.0 Å². The molecule has 1 aliphatic rings. The Hall–Kier alpha value is -2.13. The Labute approximate surface area is 210 Å². The van der Waals surface area contributed by atoms with Crippen molar-refractivity contribution in [3.05, 3.63) is 63.6 Å². The third-order valence-corrected chi connectivity index (χ3v) is 8.33. The van der Waals surface area contributed by atoms with Crippen molar-refractivity contribution in [2.24, 2.45) is 5.92 Å². The van der Waals surface area contributed by atoms with Crippen LogP contribution < -0.4 is 0 Å². The maximum atomic E-state index is 13.5. The first-order valence-electron chi connectivity index (χ1n) is 11.1. The lowest BCUT2D eigenvalue weighted by molar-refractivity contribution is -0.151. The molecule has 1 aliphatic heterocycles. The standard InChI is InChI=1S/C24H28Cl2N2O5S/c1-3-33-24(30)19-10-12-27(13-11-19)23(29)16-28(15-18-6-9-21(25)22(26)14-18)34(31,32)20-7-4-17(2)5-8-20/h4-9,14,19H,3,10-13,15-16H2,1-2H3. The van der Waals surface area contributed by atoms with Gasteiger partial charge < -0.3 is 9.64 Å². The fourth-order valence-electron chi connectivity index (χ4n) is 3.80. The van der Waals surface area contributed by atoms with Crippen molar-refractivity contribution in [1.82, 2.24) is 9.21 Å². The summed E-state index contributed by atoms with van der Waals surface area (Å²) in [5.41, 5.74) is 1.54. The molecule has 3 rings (SSSR count). The zero-order valence-electron chi connectivity index (χ0n) is 19.2. The van der Waals surface area contributed by atoms with Crippen LogP contribution in [0, 0.1) is 12.8 Å². The Bertz CT molecular complexity index is 1130. The highest BCUT2D eigenvalue weighted by molar-refractivity contribution is 7.89. The lowest BCUT2D eigenvalue weighted by Crippen LogP contribution is -2.46. The molecule has 2 aromatic carbocycles. The topological polar surface area (TPSA) is 84.0 Å². The lowest BCUT2D eigenvalue weighted by Gasteiger charge is -2.32. The van der Waals surface area contributed by atoms with Gasteiger partial charge in [-0.1, -0.05) is 47.0 Å². The van der Waals surface area contributed by atoms with Crippen molar-refractivity contribution < 1.29 is 22.7 Å². The van der Waals surface area contributed by atoms with Gasteiger partial charge in [0.1, 0.15) is 0 Å². The van der Waals surface area contributed by atoms with Gasteiger partial charge in [-0.05, 0) is 56.5 Å². The number of nitrogens with zero attached hydrogens (tertiary/aromatic N) is 2. The van der Waals surface area contributed by atoms with Crippen LogP contribution in [0.3, 0.4) is 0 Å². The number of hydrogen-bond acceptors (Lipinski definition) is 5. The van der Waals surface area contributed by atoms with Crippen LogP contribution in [0.5, 0.6) is 0 Å². The molecule has 0 saturated carbocycles. The summed E-state index contributed by atoms with van der Waals surface area (Å²) in [5.74, 6) is -0.816. The van der Waals surface area contributed by atoms with Gasteiger partial charge in [-0.15, -0.1) is 0 Å². The number of esters is 1. The highest BCUT2D eigenvalue weighted by atomic mass is 35.5. The highest BCUT2D eigenvalue weighted by Gasteiger charge is 2.32. The van der Waals surface area contributed by atoms with E-state index in [0.717, 1.165) is 9.87 Å². The van der Waals surface area contributed by atoms with E-state index in [1.165, 1.54) is 12.1 Å². The second-order valence-electron chi connectivity index (χ2n) is 8.24. The van der Waals surface area contributed by atoms with Crippen LogP contribution in [-0.2, 0) is 30.9 Å². The van der Waals surface area contributed by atoms with E-state index >= 15 is 0 Å². The fraction of sp³-hybridized carbons (Fsp3) is 0.417. The summed E-state index contributed by atoms with van der Waals surface area (Å²) in [6.45, 7) is 4.30. The Morgan fingerprint density at radius 1 is 1.06 bits per heavy atom. The summed E-state index contributed by atoms with van der Waals surface area (Å²) in [5, 5.41) is 0.665. The molecule has 1 amide bonds. The largest absolute Gasteiger partial charge is 0.466 e. The molecule has 0 unspecified atom stereocenters. The van der Waals surface area contributed by atoms with Crippen LogP contribution in [0.4, 0.5) is 0 Å². The van der Waals surface area contributed by atoms with E-state index in [-0.39, 0.29) is 35.8 Å². The highest BCUT2D eigenvalue weighted by Crippen LogP contribution is 2.26. The number of ether oxygens (including phenoxy) is 1. The number of piperidine rings is 1. The van der Waals surface area contributed by atoms with Crippen LogP contribution in [0.25, 0.3) is 0 Å². The van der Waals surface area contributed by atoms with Gasteiger partial charge >= 0.3 is 5.97 Å². The zero-order valence-corrected chi connectivity index (χ0v) is 21.5. The zero-order chi connectivity index (χ0) is 24.9. The molecule has 0 radical (unpaired) electrons. The molecule has 34 heavy (non-hydrogen) atoms. The third-order valence-electron chi connectivity index (χ3n) is 5.78. The third kappa shape index (κ3) is 6.50. The molecule has 1 heterocycles. The average Bonchev–Trinajstić information content (AvgIpc) is 2.81. The second-order valence-corrected chi connectivity index (χ2v) is 11.0. The first-order chi connectivity index (χ1) is 16.1.